The first-order chi connectivity index (χ1) is 7.79. The Morgan fingerprint density at radius 2 is 0.882 bits per heavy atom. The summed E-state index contributed by atoms with van der Waals surface area (Å²) in [4.78, 5) is 23.6. The van der Waals surface area contributed by atoms with Gasteiger partial charge in [0.15, 0.2) is 0 Å². The lowest BCUT2D eigenvalue weighted by atomic mass is 10.0. The second-order valence-corrected chi connectivity index (χ2v) is 3.39. The number of hydrogen-bond donors (Lipinski definition) is 0. The van der Waals surface area contributed by atoms with E-state index < -0.39 is 11.6 Å². The zero-order valence-corrected chi connectivity index (χ0v) is 10.7. The third-order valence-corrected chi connectivity index (χ3v) is 2.28. The average Bonchev–Trinajstić information content (AvgIpc) is 2.39. The molecule has 0 fully saturated rings. The van der Waals surface area contributed by atoms with Gasteiger partial charge in [0.25, 0.3) is 0 Å². The summed E-state index contributed by atoms with van der Waals surface area (Å²) >= 11 is 0. The van der Waals surface area contributed by atoms with Crippen molar-refractivity contribution in [3.8, 4) is 0 Å². The summed E-state index contributed by atoms with van der Waals surface area (Å²) in [5.41, 5.74) is 0.854. The highest BCUT2D eigenvalue weighted by Gasteiger charge is 2.16. The second-order valence-electron chi connectivity index (χ2n) is 3.39. The highest BCUT2D eigenvalue weighted by molar-refractivity contribution is 6.92. The van der Waals surface area contributed by atoms with Crippen LogP contribution in [-0.4, -0.2) is 11.6 Å². The van der Waals surface area contributed by atoms with Gasteiger partial charge in [0.1, 0.15) is 0 Å². The minimum Gasteiger partial charge on any atom is -0.285 e. The first-order valence-corrected chi connectivity index (χ1v) is 4.98. The monoisotopic (exact) mass is 244 g/mol. The minimum atomic E-state index is -0.466. The molecule has 0 amide bonds. The Hall–Kier alpha value is -1.79. The fraction of sp³-hybridized carbons (Fsp3) is 0. The third kappa shape index (κ3) is 3.08. The molecule has 1 unspecified atom stereocenters. The summed E-state index contributed by atoms with van der Waals surface area (Å²) in [5, 5.41) is 0. The van der Waals surface area contributed by atoms with Crippen LogP contribution in [0.4, 0.5) is 0 Å². The lowest BCUT2D eigenvalue weighted by molar-refractivity contribution is 0.0817. The van der Waals surface area contributed by atoms with E-state index in [2.05, 4.69) is 0 Å². The van der Waals surface area contributed by atoms with Gasteiger partial charge >= 0.3 is 0 Å². The maximum atomic E-state index is 11.8. The molecule has 0 spiro atoms. The summed E-state index contributed by atoms with van der Waals surface area (Å²) in [7, 11) is 0. The number of Topliss-reactive ketones (excluding diaryl/α,β-unsaturated/α-hetero) is 2. The number of carbonyl (C=O) groups is 2. The smallest absolute Gasteiger partial charge is 0.233 e. The van der Waals surface area contributed by atoms with Crippen LogP contribution < -0.4 is 0 Å². The molecule has 0 aliphatic rings. The number of rotatable bonds is 3. The van der Waals surface area contributed by atoms with Gasteiger partial charge in [-0.25, -0.2) is 0 Å². The largest absolute Gasteiger partial charge is 0.285 e. The van der Waals surface area contributed by atoms with Crippen molar-refractivity contribution in [3.63, 3.8) is 0 Å². The molecule has 0 saturated heterocycles. The van der Waals surface area contributed by atoms with E-state index in [-0.39, 0.29) is 9.90 Å². The van der Waals surface area contributed by atoms with E-state index in [1.165, 1.54) is 0 Å². The predicted octanol–water partition coefficient (Wildman–Crippen LogP) is 2.81. The Morgan fingerprint density at radius 1 is 0.588 bits per heavy atom. The SMILES string of the molecule is O=C(C(=O)c1ccccc1)c1ccccc1.P. The molecule has 0 aromatic heterocycles. The highest BCUT2D eigenvalue weighted by atomic mass is 31.0. The standard InChI is InChI=1S/C14H10O2.H3P/c15-13(11-7-3-1-4-8-11)14(16)12-9-5-2-6-10-12;/h1-10H;1H3. The van der Waals surface area contributed by atoms with Gasteiger partial charge < -0.3 is 0 Å². The van der Waals surface area contributed by atoms with Gasteiger partial charge in [0, 0.05) is 11.1 Å². The van der Waals surface area contributed by atoms with Gasteiger partial charge in [0.05, 0.1) is 0 Å². The van der Waals surface area contributed by atoms with E-state index in [9.17, 15) is 9.59 Å². The molecule has 0 radical (unpaired) electrons. The predicted molar refractivity (Wildman–Crippen MR) is 72.7 cm³/mol. The first-order valence-electron chi connectivity index (χ1n) is 4.98. The van der Waals surface area contributed by atoms with E-state index in [1.54, 1.807) is 48.5 Å². The molecule has 0 heterocycles. The Morgan fingerprint density at radius 3 is 1.18 bits per heavy atom. The third-order valence-electron chi connectivity index (χ3n) is 2.28. The molecule has 0 aliphatic heterocycles. The van der Waals surface area contributed by atoms with Crippen LogP contribution in [0.5, 0.6) is 0 Å². The molecular weight excluding hydrogens is 231 g/mol. The Balaban J connectivity index is 0.00000144. The molecule has 17 heavy (non-hydrogen) atoms. The maximum absolute atomic E-state index is 11.8. The zero-order chi connectivity index (χ0) is 11.4. The average molecular weight is 244 g/mol. The van der Waals surface area contributed by atoms with Crippen molar-refractivity contribution in [2.45, 2.75) is 0 Å². The molecule has 2 rings (SSSR count). The van der Waals surface area contributed by atoms with Gasteiger partial charge in [-0.3, -0.25) is 9.59 Å². The Kier molecular flexibility index (Phi) is 4.74. The minimum absolute atomic E-state index is 0. The number of carbonyl (C=O) groups excluding carboxylic acids is 2. The maximum Gasteiger partial charge on any atom is 0.233 e. The molecule has 2 aromatic rings. The van der Waals surface area contributed by atoms with Crippen LogP contribution in [-0.2, 0) is 0 Å². The second kappa shape index (κ2) is 6.07. The van der Waals surface area contributed by atoms with Crippen LogP contribution in [0.15, 0.2) is 60.7 Å². The van der Waals surface area contributed by atoms with Gasteiger partial charge in [0.2, 0.25) is 11.6 Å². The van der Waals surface area contributed by atoms with Crippen LogP contribution in [0.2, 0.25) is 0 Å². The lowest BCUT2D eigenvalue weighted by Gasteiger charge is -1.99. The van der Waals surface area contributed by atoms with Crippen molar-refractivity contribution in [1.29, 1.82) is 0 Å². The summed E-state index contributed by atoms with van der Waals surface area (Å²) in [6.45, 7) is 0. The summed E-state index contributed by atoms with van der Waals surface area (Å²) < 4.78 is 0. The van der Waals surface area contributed by atoms with Crippen molar-refractivity contribution < 1.29 is 9.59 Å². The van der Waals surface area contributed by atoms with E-state index in [4.69, 9.17) is 0 Å². The molecule has 0 aliphatic carbocycles. The van der Waals surface area contributed by atoms with Crippen LogP contribution in [0.25, 0.3) is 0 Å². The normalized spacial score (nSPS) is 9.18. The molecular formula is C14H13O2P. The number of benzene rings is 2. The Labute approximate surface area is 103 Å². The fourth-order valence-corrected chi connectivity index (χ4v) is 1.44. The lowest BCUT2D eigenvalue weighted by Crippen LogP contribution is -2.14. The van der Waals surface area contributed by atoms with Crippen LogP contribution in [0.3, 0.4) is 0 Å². The topological polar surface area (TPSA) is 34.1 Å². The molecule has 2 nitrogen and oxygen atoms in total. The molecule has 0 N–H and O–H groups in total. The van der Waals surface area contributed by atoms with Gasteiger partial charge in [-0.2, -0.15) is 9.90 Å². The molecule has 0 bridgehead atoms. The van der Waals surface area contributed by atoms with Crippen molar-refractivity contribution in [2.24, 2.45) is 0 Å². The molecule has 86 valence electrons. The van der Waals surface area contributed by atoms with Crippen molar-refractivity contribution in [2.75, 3.05) is 0 Å². The highest BCUT2D eigenvalue weighted by Crippen LogP contribution is 2.07. The van der Waals surface area contributed by atoms with Gasteiger partial charge in [-0.1, -0.05) is 60.7 Å². The molecule has 0 saturated carbocycles. The van der Waals surface area contributed by atoms with E-state index >= 15 is 0 Å². The van der Waals surface area contributed by atoms with E-state index in [0.29, 0.717) is 11.1 Å². The van der Waals surface area contributed by atoms with Crippen molar-refractivity contribution in [3.05, 3.63) is 71.8 Å². The van der Waals surface area contributed by atoms with Gasteiger partial charge in [-0.05, 0) is 0 Å². The zero-order valence-electron chi connectivity index (χ0n) is 9.30. The van der Waals surface area contributed by atoms with E-state index in [0.717, 1.165) is 0 Å². The molecule has 2 aromatic carbocycles. The summed E-state index contributed by atoms with van der Waals surface area (Å²) in [5.74, 6) is -0.932. The fourth-order valence-electron chi connectivity index (χ4n) is 1.44. The molecule has 3 heteroatoms. The number of hydrogen-bond acceptors (Lipinski definition) is 2. The Bertz CT molecular complexity index is 457. The van der Waals surface area contributed by atoms with Crippen molar-refractivity contribution in [1.82, 2.24) is 0 Å². The quantitative estimate of drug-likeness (QED) is 0.472. The first kappa shape index (κ1) is 13.3. The van der Waals surface area contributed by atoms with E-state index in [1.807, 2.05) is 12.1 Å². The number of ketones is 2. The van der Waals surface area contributed by atoms with Crippen LogP contribution in [0.1, 0.15) is 20.7 Å². The van der Waals surface area contributed by atoms with Crippen LogP contribution in [0, 0.1) is 0 Å². The summed E-state index contributed by atoms with van der Waals surface area (Å²) in [6.07, 6.45) is 0. The summed E-state index contributed by atoms with van der Waals surface area (Å²) in [6, 6.07) is 17.2. The van der Waals surface area contributed by atoms with Gasteiger partial charge in [-0.15, -0.1) is 0 Å². The molecule has 1 atom stereocenters. The van der Waals surface area contributed by atoms with Crippen molar-refractivity contribution >= 4 is 21.5 Å². The van der Waals surface area contributed by atoms with Crippen LogP contribution >= 0.6 is 9.90 Å².